The second-order valence-electron chi connectivity index (χ2n) is 4.16. The monoisotopic (exact) mass is 213 g/mol. The molecular weight excluding hydrogens is 198 g/mol. The van der Waals surface area contributed by atoms with Gasteiger partial charge in [-0.1, -0.05) is 0 Å². The lowest BCUT2D eigenvalue weighted by molar-refractivity contribution is -0.517. The Hall–Kier alpha value is -1.43. The highest BCUT2D eigenvalue weighted by Crippen LogP contribution is 2.22. The molecule has 15 heavy (non-hydrogen) atoms. The molecule has 1 rings (SSSR count). The fourth-order valence-electron chi connectivity index (χ4n) is 1.54. The molecule has 84 valence electrons. The molecule has 2 N–H and O–H groups in total. The van der Waals surface area contributed by atoms with E-state index < -0.39 is 22.4 Å². The Labute approximate surface area is 87.9 Å². The van der Waals surface area contributed by atoms with Gasteiger partial charge in [-0.15, -0.1) is 0 Å². The van der Waals surface area contributed by atoms with Crippen LogP contribution in [0.15, 0.2) is 12.3 Å². The van der Waals surface area contributed by atoms with E-state index in [0.29, 0.717) is 0 Å². The predicted octanol–water partition coefficient (Wildman–Crippen LogP) is 0.113. The molecule has 0 aliphatic carbocycles. The standard InChI is InChI=1S/C9H15N3O3/c1-6(2)11-5-4-7(12(14)15)9(3,10)8(11)13/h4-7H,10H2,1-3H3. The fraction of sp³-hybridized carbons (Fsp3) is 0.667. The SMILES string of the molecule is CC(C)N1C=CC([N+](=O)[O-])C(C)(N)C1=O. The second-order valence-corrected chi connectivity index (χ2v) is 4.16. The second kappa shape index (κ2) is 3.62. The van der Waals surface area contributed by atoms with Crippen molar-refractivity contribution in [2.75, 3.05) is 0 Å². The zero-order valence-corrected chi connectivity index (χ0v) is 9.01. The molecule has 0 saturated carbocycles. The van der Waals surface area contributed by atoms with Crippen molar-refractivity contribution in [3.05, 3.63) is 22.4 Å². The Bertz CT molecular complexity index is 323. The van der Waals surface area contributed by atoms with Crippen molar-refractivity contribution in [3.8, 4) is 0 Å². The van der Waals surface area contributed by atoms with Gasteiger partial charge in [0.15, 0.2) is 5.54 Å². The van der Waals surface area contributed by atoms with Crippen LogP contribution < -0.4 is 5.73 Å². The van der Waals surface area contributed by atoms with Gasteiger partial charge < -0.3 is 10.6 Å². The van der Waals surface area contributed by atoms with Crippen molar-refractivity contribution < 1.29 is 9.72 Å². The van der Waals surface area contributed by atoms with E-state index in [2.05, 4.69) is 0 Å². The van der Waals surface area contributed by atoms with Gasteiger partial charge >= 0.3 is 0 Å². The molecule has 2 unspecified atom stereocenters. The van der Waals surface area contributed by atoms with Gasteiger partial charge in [0.1, 0.15) is 0 Å². The van der Waals surface area contributed by atoms with Crippen LogP contribution in [0.3, 0.4) is 0 Å². The fourth-order valence-corrected chi connectivity index (χ4v) is 1.54. The molecule has 0 radical (unpaired) electrons. The van der Waals surface area contributed by atoms with E-state index in [-0.39, 0.29) is 6.04 Å². The first kappa shape index (κ1) is 11.6. The zero-order valence-electron chi connectivity index (χ0n) is 9.01. The molecule has 2 atom stereocenters. The summed E-state index contributed by atoms with van der Waals surface area (Å²) in [5.41, 5.74) is 4.24. The van der Waals surface area contributed by atoms with E-state index in [1.807, 2.05) is 13.8 Å². The molecule has 1 aliphatic heterocycles. The van der Waals surface area contributed by atoms with E-state index >= 15 is 0 Å². The molecule has 0 saturated heterocycles. The van der Waals surface area contributed by atoms with E-state index in [4.69, 9.17) is 5.73 Å². The lowest BCUT2D eigenvalue weighted by Gasteiger charge is -2.36. The van der Waals surface area contributed by atoms with Crippen LogP contribution in [-0.2, 0) is 4.79 Å². The highest BCUT2D eigenvalue weighted by Gasteiger charge is 2.49. The lowest BCUT2D eigenvalue weighted by atomic mass is 9.89. The molecule has 1 amide bonds. The van der Waals surface area contributed by atoms with Crippen molar-refractivity contribution in [1.29, 1.82) is 0 Å². The Morgan fingerprint density at radius 1 is 1.67 bits per heavy atom. The van der Waals surface area contributed by atoms with Crippen LogP contribution in [0.1, 0.15) is 20.8 Å². The Morgan fingerprint density at radius 2 is 2.20 bits per heavy atom. The normalized spacial score (nSPS) is 31.1. The lowest BCUT2D eigenvalue weighted by Crippen LogP contribution is -2.64. The largest absolute Gasteiger partial charge is 0.315 e. The zero-order chi connectivity index (χ0) is 11.8. The van der Waals surface area contributed by atoms with Crippen molar-refractivity contribution >= 4 is 5.91 Å². The molecule has 0 bridgehead atoms. The maximum absolute atomic E-state index is 11.8. The summed E-state index contributed by atoms with van der Waals surface area (Å²) in [5.74, 6) is -0.415. The number of rotatable bonds is 2. The molecule has 0 spiro atoms. The van der Waals surface area contributed by atoms with E-state index in [1.165, 1.54) is 24.1 Å². The third-order valence-electron chi connectivity index (χ3n) is 2.52. The number of hydrogen-bond donors (Lipinski definition) is 1. The summed E-state index contributed by atoms with van der Waals surface area (Å²) >= 11 is 0. The molecule has 6 heteroatoms. The minimum absolute atomic E-state index is 0.0515. The summed E-state index contributed by atoms with van der Waals surface area (Å²) in [6, 6.07) is -1.20. The molecule has 0 fully saturated rings. The van der Waals surface area contributed by atoms with Gasteiger partial charge in [-0.05, 0) is 20.8 Å². The first-order valence-corrected chi connectivity index (χ1v) is 4.72. The topological polar surface area (TPSA) is 89.5 Å². The molecule has 1 heterocycles. The maximum atomic E-state index is 11.8. The Kier molecular flexibility index (Phi) is 2.81. The summed E-state index contributed by atoms with van der Waals surface area (Å²) in [4.78, 5) is 23.4. The van der Waals surface area contributed by atoms with E-state index in [1.54, 1.807) is 0 Å². The highest BCUT2D eigenvalue weighted by molar-refractivity contribution is 5.89. The van der Waals surface area contributed by atoms with Gasteiger partial charge in [-0.3, -0.25) is 14.9 Å². The summed E-state index contributed by atoms with van der Waals surface area (Å²) < 4.78 is 0. The molecule has 1 aliphatic rings. The van der Waals surface area contributed by atoms with Crippen LogP contribution in [0.2, 0.25) is 0 Å². The average molecular weight is 213 g/mol. The maximum Gasteiger partial charge on any atom is 0.259 e. The Morgan fingerprint density at radius 3 is 2.60 bits per heavy atom. The summed E-state index contributed by atoms with van der Waals surface area (Å²) in [6.45, 7) is 5.04. The van der Waals surface area contributed by atoms with Crippen molar-refractivity contribution in [1.82, 2.24) is 4.90 Å². The summed E-state index contributed by atoms with van der Waals surface area (Å²) in [5, 5.41) is 10.7. The Balaban J connectivity index is 3.09. The molecular formula is C9H15N3O3. The van der Waals surface area contributed by atoms with Crippen molar-refractivity contribution in [2.24, 2.45) is 5.73 Å². The number of carbonyl (C=O) groups excluding carboxylic acids is 1. The number of nitrogens with two attached hydrogens (primary N) is 1. The third kappa shape index (κ3) is 1.85. The third-order valence-corrected chi connectivity index (χ3v) is 2.52. The highest BCUT2D eigenvalue weighted by atomic mass is 16.6. The number of carbonyl (C=O) groups is 1. The summed E-state index contributed by atoms with van der Waals surface area (Å²) in [6.07, 6.45) is 2.80. The van der Waals surface area contributed by atoms with Crippen molar-refractivity contribution in [3.63, 3.8) is 0 Å². The minimum atomic E-state index is -1.47. The van der Waals surface area contributed by atoms with Crippen LogP contribution in [-0.4, -0.2) is 33.4 Å². The first-order valence-electron chi connectivity index (χ1n) is 4.72. The number of hydrogen-bond acceptors (Lipinski definition) is 4. The van der Waals surface area contributed by atoms with Crippen LogP contribution >= 0.6 is 0 Å². The van der Waals surface area contributed by atoms with Gasteiger partial charge in [-0.25, -0.2) is 0 Å². The van der Waals surface area contributed by atoms with Crippen LogP contribution in [0.5, 0.6) is 0 Å². The molecule has 0 aromatic carbocycles. The number of nitrogens with zero attached hydrogens (tertiary/aromatic N) is 2. The van der Waals surface area contributed by atoms with Gasteiger partial charge in [0.05, 0.1) is 0 Å². The van der Waals surface area contributed by atoms with Crippen LogP contribution in [0, 0.1) is 10.1 Å². The van der Waals surface area contributed by atoms with Crippen LogP contribution in [0.4, 0.5) is 0 Å². The smallest absolute Gasteiger partial charge is 0.259 e. The molecule has 6 nitrogen and oxygen atoms in total. The number of amides is 1. The quantitative estimate of drug-likeness (QED) is 0.521. The predicted molar refractivity (Wildman–Crippen MR) is 54.5 cm³/mol. The van der Waals surface area contributed by atoms with Gasteiger partial charge in [0, 0.05) is 23.2 Å². The van der Waals surface area contributed by atoms with Crippen LogP contribution in [0.25, 0.3) is 0 Å². The van der Waals surface area contributed by atoms with E-state index in [0.717, 1.165) is 0 Å². The first-order chi connectivity index (χ1) is 6.78. The van der Waals surface area contributed by atoms with Gasteiger partial charge in [0.25, 0.3) is 11.9 Å². The van der Waals surface area contributed by atoms with E-state index in [9.17, 15) is 14.9 Å². The molecule has 0 aromatic rings. The number of nitro groups is 1. The average Bonchev–Trinajstić information content (AvgIpc) is 2.07. The van der Waals surface area contributed by atoms with Gasteiger partial charge in [-0.2, -0.15) is 0 Å². The minimum Gasteiger partial charge on any atom is -0.315 e. The molecule has 0 aromatic heterocycles. The van der Waals surface area contributed by atoms with Gasteiger partial charge in [0.2, 0.25) is 0 Å². The van der Waals surface area contributed by atoms with Crippen molar-refractivity contribution in [2.45, 2.75) is 38.4 Å². The summed E-state index contributed by atoms with van der Waals surface area (Å²) in [7, 11) is 0.